The van der Waals surface area contributed by atoms with Gasteiger partial charge in [-0.05, 0) is 45.0 Å². The SMILES string of the molecule is Cc1ccccc1OCC1CCCN(C)C1. The summed E-state index contributed by atoms with van der Waals surface area (Å²) in [6.45, 7) is 5.37. The number of hydrogen-bond donors (Lipinski definition) is 0. The lowest BCUT2D eigenvalue weighted by Gasteiger charge is -2.29. The van der Waals surface area contributed by atoms with E-state index in [1.807, 2.05) is 6.07 Å². The summed E-state index contributed by atoms with van der Waals surface area (Å²) in [5.74, 6) is 1.73. The summed E-state index contributed by atoms with van der Waals surface area (Å²) < 4.78 is 5.90. The fourth-order valence-electron chi connectivity index (χ4n) is 2.34. The third kappa shape index (κ3) is 2.99. The molecule has 0 bridgehead atoms. The van der Waals surface area contributed by atoms with E-state index in [1.54, 1.807) is 0 Å². The van der Waals surface area contributed by atoms with Gasteiger partial charge in [0.25, 0.3) is 0 Å². The Labute approximate surface area is 98.2 Å². The number of likely N-dealkylation sites (tertiary alicyclic amines) is 1. The number of para-hydroxylation sites is 1. The molecule has 1 atom stereocenters. The molecule has 1 heterocycles. The zero-order chi connectivity index (χ0) is 11.4. The Morgan fingerprint density at radius 3 is 2.94 bits per heavy atom. The van der Waals surface area contributed by atoms with Crippen LogP contribution in [-0.2, 0) is 0 Å². The summed E-state index contributed by atoms with van der Waals surface area (Å²) in [6, 6.07) is 8.25. The lowest BCUT2D eigenvalue weighted by molar-refractivity contribution is 0.150. The highest BCUT2D eigenvalue weighted by atomic mass is 16.5. The molecule has 1 aromatic carbocycles. The van der Waals surface area contributed by atoms with Gasteiger partial charge in [-0.1, -0.05) is 18.2 Å². The molecule has 0 aliphatic carbocycles. The first-order valence-electron chi connectivity index (χ1n) is 6.12. The Hall–Kier alpha value is -1.02. The van der Waals surface area contributed by atoms with E-state index in [2.05, 4.69) is 37.1 Å². The first-order chi connectivity index (χ1) is 7.75. The van der Waals surface area contributed by atoms with Crippen LogP contribution in [0.1, 0.15) is 18.4 Å². The Morgan fingerprint density at radius 2 is 2.19 bits per heavy atom. The predicted molar refractivity (Wildman–Crippen MR) is 66.9 cm³/mol. The molecule has 2 heteroatoms. The second-order valence-electron chi connectivity index (χ2n) is 4.85. The Bertz CT molecular complexity index is 337. The molecule has 0 N–H and O–H groups in total. The van der Waals surface area contributed by atoms with Gasteiger partial charge in [0.1, 0.15) is 5.75 Å². The van der Waals surface area contributed by atoms with Crippen LogP contribution in [0.2, 0.25) is 0 Å². The first-order valence-corrected chi connectivity index (χ1v) is 6.12. The predicted octanol–water partition coefficient (Wildman–Crippen LogP) is 2.72. The van der Waals surface area contributed by atoms with Crippen molar-refractivity contribution in [3.05, 3.63) is 29.8 Å². The molecule has 1 saturated heterocycles. The number of rotatable bonds is 3. The molecule has 1 unspecified atom stereocenters. The molecule has 16 heavy (non-hydrogen) atoms. The van der Waals surface area contributed by atoms with Crippen molar-refractivity contribution in [3.8, 4) is 5.75 Å². The minimum Gasteiger partial charge on any atom is -0.493 e. The third-order valence-electron chi connectivity index (χ3n) is 3.29. The highest BCUT2D eigenvalue weighted by molar-refractivity contribution is 5.31. The zero-order valence-corrected chi connectivity index (χ0v) is 10.3. The van der Waals surface area contributed by atoms with Crippen LogP contribution in [0.5, 0.6) is 5.75 Å². The Morgan fingerprint density at radius 1 is 1.38 bits per heavy atom. The topological polar surface area (TPSA) is 12.5 Å². The van der Waals surface area contributed by atoms with Gasteiger partial charge in [-0.2, -0.15) is 0 Å². The van der Waals surface area contributed by atoms with E-state index in [9.17, 15) is 0 Å². The van der Waals surface area contributed by atoms with E-state index >= 15 is 0 Å². The minimum absolute atomic E-state index is 0.693. The van der Waals surface area contributed by atoms with Crippen molar-refractivity contribution in [1.82, 2.24) is 4.90 Å². The van der Waals surface area contributed by atoms with Crippen LogP contribution in [0.3, 0.4) is 0 Å². The van der Waals surface area contributed by atoms with Gasteiger partial charge < -0.3 is 9.64 Å². The maximum absolute atomic E-state index is 5.90. The summed E-state index contributed by atoms with van der Waals surface area (Å²) in [4.78, 5) is 2.40. The quantitative estimate of drug-likeness (QED) is 0.775. The first kappa shape index (κ1) is 11.5. The molecule has 0 aromatic heterocycles. The van der Waals surface area contributed by atoms with Crippen LogP contribution in [0.15, 0.2) is 24.3 Å². The number of aryl methyl sites for hydroxylation is 1. The van der Waals surface area contributed by atoms with Gasteiger partial charge in [-0.25, -0.2) is 0 Å². The molecule has 0 saturated carbocycles. The number of ether oxygens (including phenoxy) is 1. The summed E-state index contributed by atoms with van der Waals surface area (Å²) in [7, 11) is 2.19. The van der Waals surface area contributed by atoms with E-state index in [1.165, 1.54) is 31.5 Å². The van der Waals surface area contributed by atoms with Crippen molar-refractivity contribution in [2.45, 2.75) is 19.8 Å². The Kier molecular flexibility index (Phi) is 3.83. The molecule has 88 valence electrons. The highest BCUT2D eigenvalue weighted by Gasteiger charge is 2.17. The molecule has 0 radical (unpaired) electrons. The van der Waals surface area contributed by atoms with Crippen LogP contribution in [0.4, 0.5) is 0 Å². The molecule has 2 nitrogen and oxygen atoms in total. The zero-order valence-electron chi connectivity index (χ0n) is 10.3. The van der Waals surface area contributed by atoms with Crippen LogP contribution in [-0.4, -0.2) is 31.6 Å². The molecule has 1 aromatic rings. The monoisotopic (exact) mass is 219 g/mol. The molecule has 1 aliphatic heterocycles. The largest absolute Gasteiger partial charge is 0.493 e. The fourth-order valence-corrected chi connectivity index (χ4v) is 2.34. The second kappa shape index (κ2) is 5.35. The second-order valence-corrected chi connectivity index (χ2v) is 4.85. The van der Waals surface area contributed by atoms with Gasteiger partial charge in [0.05, 0.1) is 6.61 Å². The van der Waals surface area contributed by atoms with E-state index in [0.29, 0.717) is 5.92 Å². The highest BCUT2D eigenvalue weighted by Crippen LogP contribution is 2.20. The average molecular weight is 219 g/mol. The maximum Gasteiger partial charge on any atom is 0.122 e. The lowest BCUT2D eigenvalue weighted by Crippen LogP contribution is -2.34. The van der Waals surface area contributed by atoms with Gasteiger partial charge in [-0.3, -0.25) is 0 Å². The van der Waals surface area contributed by atoms with Gasteiger partial charge in [0, 0.05) is 12.5 Å². The Balaban J connectivity index is 1.85. The van der Waals surface area contributed by atoms with Crippen molar-refractivity contribution in [2.24, 2.45) is 5.92 Å². The van der Waals surface area contributed by atoms with Crippen LogP contribution in [0, 0.1) is 12.8 Å². The third-order valence-corrected chi connectivity index (χ3v) is 3.29. The van der Waals surface area contributed by atoms with Crippen molar-refractivity contribution < 1.29 is 4.74 Å². The number of piperidine rings is 1. The lowest BCUT2D eigenvalue weighted by atomic mass is 9.99. The smallest absolute Gasteiger partial charge is 0.122 e. The molecule has 0 spiro atoms. The van der Waals surface area contributed by atoms with Gasteiger partial charge in [0.2, 0.25) is 0 Å². The molecule has 1 aliphatic rings. The molecule has 0 amide bonds. The normalized spacial score (nSPS) is 22.0. The van der Waals surface area contributed by atoms with Gasteiger partial charge in [0.15, 0.2) is 0 Å². The number of hydrogen-bond acceptors (Lipinski definition) is 2. The summed E-state index contributed by atoms with van der Waals surface area (Å²) >= 11 is 0. The number of nitrogens with zero attached hydrogens (tertiary/aromatic N) is 1. The number of benzene rings is 1. The van der Waals surface area contributed by atoms with E-state index < -0.39 is 0 Å². The summed E-state index contributed by atoms with van der Waals surface area (Å²) in [5, 5.41) is 0. The molecular formula is C14H21NO. The molecular weight excluding hydrogens is 198 g/mol. The van der Waals surface area contributed by atoms with Crippen LogP contribution in [0.25, 0.3) is 0 Å². The maximum atomic E-state index is 5.90. The van der Waals surface area contributed by atoms with E-state index in [-0.39, 0.29) is 0 Å². The fraction of sp³-hybridized carbons (Fsp3) is 0.571. The van der Waals surface area contributed by atoms with Crippen LogP contribution >= 0.6 is 0 Å². The molecule has 2 rings (SSSR count). The van der Waals surface area contributed by atoms with Crippen molar-refractivity contribution in [1.29, 1.82) is 0 Å². The van der Waals surface area contributed by atoms with Crippen molar-refractivity contribution >= 4 is 0 Å². The van der Waals surface area contributed by atoms with Crippen LogP contribution < -0.4 is 4.74 Å². The van der Waals surface area contributed by atoms with Crippen molar-refractivity contribution in [2.75, 3.05) is 26.7 Å². The van der Waals surface area contributed by atoms with Gasteiger partial charge >= 0.3 is 0 Å². The van der Waals surface area contributed by atoms with E-state index in [4.69, 9.17) is 4.74 Å². The van der Waals surface area contributed by atoms with E-state index in [0.717, 1.165) is 12.4 Å². The standard InChI is InChI=1S/C14H21NO/c1-12-6-3-4-8-14(12)16-11-13-7-5-9-15(2)10-13/h3-4,6,8,13H,5,7,9-11H2,1-2H3. The van der Waals surface area contributed by atoms with Gasteiger partial charge in [-0.15, -0.1) is 0 Å². The van der Waals surface area contributed by atoms with Crippen molar-refractivity contribution in [3.63, 3.8) is 0 Å². The molecule has 1 fully saturated rings. The summed E-state index contributed by atoms with van der Waals surface area (Å²) in [5.41, 5.74) is 1.23. The summed E-state index contributed by atoms with van der Waals surface area (Å²) in [6.07, 6.45) is 2.61. The average Bonchev–Trinajstić information content (AvgIpc) is 2.28. The minimum atomic E-state index is 0.693.